The molecule has 0 bridgehead atoms. The van der Waals surface area contributed by atoms with Crippen LogP contribution in [0.25, 0.3) is 0 Å². The molecule has 0 saturated heterocycles. The van der Waals surface area contributed by atoms with Crippen molar-refractivity contribution in [1.82, 2.24) is 10.2 Å². The van der Waals surface area contributed by atoms with Crippen LogP contribution in [0.2, 0.25) is 0 Å². The van der Waals surface area contributed by atoms with Gasteiger partial charge in [-0.1, -0.05) is 39.8 Å². The number of ether oxygens (including phenoxy) is 1. The molecule has 1 rings (SSSR count). The first-order chi connectivity index (χ1) is 9.78. The van der Waals surface area contributed by atoms with Gasteiger partial charge in [-0.25, -0.2) is 0 Å². The molecule has 0 spiro atoms. The van der Waals surface area contributed by atoms with Crippen LogP contribution < -0.4 is 10.1 Å². The van der Waals surface area contributed by atoms with Gasteiger partial charge in [-0.2, -0.15) is 0 Å². The summed E-state index contributed by atoms with van der Waals surface area (Å²) in [7, 11) is 3.92. The molecule has 0 radical (unpaired) electrons. The zero-order valence-corrected chi connectivity index (χ0v) is 14.7. The van der Waals surface area contributed by atoms with Gasteiger partial charge in [-0.05, 0) is 43.6 Å². The van der Waals surface area contributed by atoms with Crippen LogP contribution in [-0.4, -0.2) is 38.2 Å². The van der Waals surface area contributed by atoms with Gasteiger partial charge in [0.05, 0.1) is 7.11 Å². The van der Waals surface area contributed by atoms with Gasteiger partial charge in [-0.3, -0.25) is 0 Å². The molecule has 0 aliphatic carbocycles. The van der Waals surface area contributed by atoms with E-state index in [1.165, 1.54) is 5.56 Å². The van der Waals surface area contributed by atoms with Crippen molar-refractivity contribution in [1.29, 1.82) is 0 Å². The molecule has 2 unspecified atom stereocenters. The molecule has 0 saturated carbocycles. The van der Waals surface area contributed by atoms with Gasteiger partial charge in [0.15, 0.2) is 0 Å². The first-order valence-corrected chi connectivity index (χ1v) is 7.86. The predicted octanol–water partition coefficient (Wildman–Crippen LogP) is 3.71. The Morgan fingerprint density at radius 2 is 1.76 bits per heavy atom. The molecule has 2 atom stereocenters. The largest absolute Gasteiger partial charge is 0.497 e. The first-order valence-electron chi connectivity index (χ1n) is 7.86. The third-order valence-corrected chi connectivity index (χ3v) is 3.80. The molecule has 0 heterocycles. The standard InChI is InChI=1S/C18H32N2O/c1-8-19-17(14(2)20(6)13-18(3,4)5)15-9-11-16(21-7)12-10-15/h9-12,14,17,19H,8,13H2,1-7H3. The van der Waals surface area contributed by atoms with Crippen molar-refractivity contribution < 1.29 is 4.74 Å². The molecule has 1 aromatic rings. The Morgan fingerprint density at radius 1 is 1.19 bits per heavy atom. The highest BCUT2D eigenvalue weighted by Gasteiger charge is 2.25. The van der Waals surface area contributed by atoms with Crippen LogP contribution in [0.3, 0.4) is 0 Å². The Hall–Kier alpha value is -1.06. The fraction of sp³-hybridized carbons (Fsp3) is 0.667. The van der Waals surface area contributed by atoms with Crippen molar-refractivity contribution in [2.24, 2.45) is 5.41 Å². The maximum Gasteiger partial charge on any atom is 0.118 e. The van der Waals surface area contributed by atoms with E-state index in [0.29, 0.717) is 17.5 Å². The number of methoxy groups -OCH3 is 1. The van der Waals surface area contributed by atoms with Crippen LogP contribution in [0, 0.1) is 5.41 Å². The van der Waals surface area contributed by atoms with E-state index in [9.17, 15) is 0 Å². The van der Waals surface area contributed by atoms with E-state index < -0.39 is 0 Å². The van der Waals surface area contributed by atoms with E-state index in [2.05, 4.69) is 64.0 Å². The number of nitrogens with one attached hydrogen (secondary N) is 1. The van der Waals surface area contributed by atoms with Crippen molar-refractivity contribution in [2.75, 3.05) is 27.2 Å². The summed E-state index contributed by atoms with van der Waals surface area (Å²) in [5.41, 5.74) is 1.62. The summed E-state index contributed by atoms with van der Waals surface area (Å²) in [6.07, 6.45) is 0. The summed E-state index contributed by atoms with van der Waals surface area (Å²) in [5, 5.41) is 3.62. The molecule has 21 heavy (non-hydrogen) atoms. The van der Waals surface area contributed by atoms with Crippen molar-refractivity contribution in [3.63, 3.8) is 0 Å². The summed E-state index contributed by atoms with van der Waals surface area (Å²) in [5.74, 6) is 0.907. The topological polar surface area (TPSA) is 24.5 Å². The Bertz CT molecular complexity index is 408. The Balaban J connectivity index is 2.88. The van der Waals surface area contributed by atoms with Crippen LogP contribution in [0.15, 0.2) is 24.3 Å². The number of rotatable bonds is 7. The number of hydrogen-bond donors (Lipinski definition) is 1. The van der Waals surface area contributed by atoms with Crippen LogP contribution >= 0.6 is 0 Å². The molecule has 0 aromatic heterocycles. The third kappa shape index (κ3) is 5.68. The lowest BCUT2D eigenvalue weighted by molar-refractivity contribution is 0.152. The van der Waals surface area contributed by atoms with E-state index >= 15 is 0 Å². The van der Waals surface area contributed by atoms with Gasteiger partial charge in [0.25, 0.3) is 0 Å². The monoisotopic (exact) mass is 292 g/mol. The molecule has 0 fully saturated rings. The summed E-state index contributed by atoms with van der Waals surface area (Å²) < 4.78 is 5.25. The highest BCUT2D eigenvalue weighted by Crippen LogP contribution is 2.25. The van der Waals surface area contributed by atoms with Crippen molar-refractivity contribution in [3.8, 4) is 5.75 Å². The minimum Gasteiger partial charge on any atom is -0.497 e. The average molecular weight is 292 g/mol. The lowest BCUT2D eigenvalue weighted by Crippen LogP contribution is -2.44. The minimum absolute atomic E-state index is 0.305. The second kappa shape index (κ2) is 7.81. The number of likely N-dealkylation sites (N-methyl/N-ethyl adjacent to an activating group) is 2. The van der Waals surface area contributed by atoms with Gasteiger partial charge < -0.3 is 15.0 Å². The number of nitrogens with zero attached hydrogens (tertiary/aromatic N) is 1. The second-order valence-corrected chi connectivity index (χ2v) is 7.02. The SMILES string of the molecule is CCNC(c1ccc(OC)cc1)C(C)N(C)CC(C)(C)C. The van der Waals surface area contributed by atoms with E-state index in [0.717, 1.165) is 18.8 Å². The normalized spacial score (nSPS) is 15.0. The quantitative estimate of drug-likeness (QED) is 0.829. The molecule has 0 amide bonds. The molecular formula is C18H32N2O. The molecule has 1 N–H and O–H groups in total. The van der Waals surface area contributed by atoms with Crippen LogP contribution in [-0.2, 0) is 0 Å². The van der Waals surface area contributed by atoms with Crippen LogP contribution in [0.4, 0.5) is 0 Å². The van der Waals surface area contributed by atoms with E-state index in [-0.39, 0.29) is 0 Å². The highest BCUT2D eigenvalue weighted by atomic mass is 16.5. The lowest BCUT2D eigenvalue weighted by Gasteiger charge is -2.36. The van der Waals surface area contributed by atoms with Gasteiger partial charge in [-0.15, -0.1) is 0 Å². The number of benzene rings is 1. The van der Waals surface area contributed by atoms with Gasteiger partial charge in [0.2, 0.25) is 0 Å². The van der Waals surface area contributed by atoms with E-state index in [1.54, 1.807) is 7.11 Å². The maximum atomic E-state index is 5.25. The molecule has 0 aliphatic heterocycles. The summed E-state index contributed by atoms with van der Waals surface area (Å²) in [6.45, 7) is 13.3. The first kappa shape index (κ1) is 18.0. The minimum atomic E-state index is 0.305. The smallest absolute Gasteiger partial charge is 0.118 e. The van der Waals surface area contributed by atoms with Gasteiger partial charge >= 0.3 is 0 Å². The van der Waals surface area contributed by atoms with Gasteiger partial charge in [0, 0.05) is 18.6 Å². The molecule has 0 aliphatic rings. The van der Waals surface area contributed by atoms with Crippen molar-refractivity contribution in [2.45, 2.75) is 46.7 Å². The van der Waals surface area contributed by atoms with Crippen molar-refractivity contribution in [3.05, 3.63) is 29.8 Å². The summed E-state index contributed by atoms with van der Waals surface area (Å²) in [4.78, 5) is 2.44. The van der Waals surface area contributed by atoms with E-state index in [4.69, 9.17) is 4.74 Å². The van der Waals surface area contributed by atoms with E-state index in [1.807, 2.05) is 12.1 Å². The fourth-order valence-corrected chi connectivity index (χ4v) is 2.74. The molecular weight excluding hydrogens is 260 g/mol. The Morgan fingerprint density at radius 3 is 2.19 bits per heavy atom. The Kier molecular flexibility index (Phi) is 6.69. The average Bonchev–Trinajstić information content (AvgIpc) is 2.42. The van der Waals surface area contributed by atoms with Crippen molar-refractivity contribution >= 4 is 0 Å². The lowest BCUT2D eigenvalue weighted by atomic mass is 9.93. The zero-order chi connectivity index (χ0) is 16.0. The molecule has 120 valence electrons. The van der Waals surface area contributed by atoms with Crippen LogP contribution in [0.1, 0.15) is 46.2 Å². The molecule has 1 aromatic carbocycles. The highest BCUT2D eigenvalue weighted by molar-refractivity contribution is 5.29. The van der Waals surface area contributed by atoms with Gasteiger partial charge in [0.1, 0.15) is 5.75 Å². The summed E-state index contributed by atoms with van der Waals surface area (Å²) in [6, 6.07) is 9.15. The van der Waals surface area contributed by atoms with Crippen LogP contribution in [0.5, 0.6) is 5.75 Å². The predicted molar refractivity (Wildman–Crippen MR) is 91.0 cm³/mol. The molecule has 3 nitrogen and oxygen atoms in total. The summed E-state index contributed by atoms with van der Waals surface area (Å²) >= 11 is 0. The number of hydrogen-bond acceptors (Lipinski definition) is 3. The fourth-order valence-electron chi connectivity index (χ4n) is 2.74. The zero-order valence-electron chi connectivity index (χ0n) is 14.7. The molecule has 3 heteroatoms. The maximum absolute atomic E-state index is 5.25. The second-order valence-electron chi connectivity index (χ2n) is 7.02. The Labute approximate surface area is 130 Å². The third-order valence-electron chi connectivity index (χ3n) is 3.80.